The molecule has 0 saturated carbocycles. The molecule has 2 amide bonds. The van der Waals surface area contributed by atoms with Crippen molar-refractivity contribution in [2.75, 3.05) is 25.9 Å². The Bertz CT molecular complexity index is 389. The smallest absolute Gasteiger partial charge is 0.317 e. The maximum Gasteiger partial charge on any atom is 0.317 e. The molecule has 0 radical (unpaired) electrons. The maximum atomic E-state index is 12.1. The summed E-state index contributed by atoms with van der Waals surface area (Å²) in [6.07, 6.45) is 5.08. The first-order chi connectivity index (χ1) is 9.90. The largest absolute Gasteiger partial charge is 0.481 e. The minimum Gasteiger partial charge on any atom is -0.481 e. The molecule has 3 unspecified atom stereocenters. The van der Waals surface area contributed by atoms with Crippen LogP contribution in [0.4, 0.5) is 4.79 Å². The van der Waals surface area contributed by atoms with Gasteiger partial charge in [0.15, 0.2) is 0 Å². The van der Waals surface area contributed by atoms with Crippen molar-refractivity contribution in [3.05, 3.63) is 0 Å². The molecule has 1 fully saturated rings. The predicted molar refractivity (Wildman–Crippen MR) is 82.7 cm³/mol. The number of nitrogens with zero attached hydrogens (tertiary/aromatic N) is 1. The third-order valence-corrected chi connectivity index (χ3v) is 5.34. The fraction of sp³-hybridized carbons (Fsp3) is 0.857. The summed E-state index contributed by atoms with van der Waals surface area (Å²) in [7, 11) is -0.863. The van der Waals surface area contributed by atoms with Crippen molar-refractivity contribution in [1.29, 1.82) is 0 Å². The normalized spacial score (nSPS) is 21.6. The second-order valence-electron chi connectivity index (χ2n) is 5.72. The molecule has 1 heterocycles. The molecule has 0 aromatic carbocycles. The Hall–Kier alpha value is -1.11. The van der Waals surface area contributed by atoms with Crippen molar-refractivity contribution >= 4 is 22.8 Å². The zero-order valence-corrected chi connectivity index (χ0v) is 13.7. The lowest BCUT2D eigenvalue weighted by atomic mass is 9.93. The van der Waals surface area contributed by atoms with E-state index in [9.17, 15) is 13.8 Å². The van der Waals surface area contributed by atoms with E-state index in [1.165, 1.54) is 0 Å². The van der Waals surface area contributed by atoms with Crippen LogP contribution in [0.2, 0.25) is 0 Å². The lowest BCUT2D eigenvalue weighted by Crippen LogP contribution is -2.46. The van der Waals surface area contributed by atoms with E-state index in [0.29, 0.717) is 25.9 Å². The fourth-order valence-corrected chi connectivity index (χ4v) is 2.92. The first-order valence-corrected chi connectivity index (χ1v) is 9.09. The van der Waals surface area contributed by atoms with E-state index in [1.54, 1.807) is 11.2 Å². The Kier molecular flexibility index (Phi) is 7.71. The molecule has 21 heavy (non-hydrogen) atoms. The molecular formula is C14H26N2O4S. The van der Waals surface area contributed by atoms with Crippen molar-refractivity contribution in [3.63, 3.8) is 0 Å². The number of hydrogen-bond acceptors (Lipinski definition) is 3. The highest BCUT2D eigenvalue weighted by Gasteiger charge is 2.23. The Morgan fingerprint density at radius 2 is 2.19 bits per heavy atom. The van der Waals surface area contributed by atoms with Crippen molar-refractivity contribution in [1.82, 2.24) is 10.2 Å². The third-order valence-electron chi connectivity index (χ3n) is 3.97. The van der Waals surface area contributed by atoms with Crippen LogP contribution >= 0.6 is 0 Å². The maximum absolute atomic E-state index is 12.1. The summed E-state index contributed by atoms with van der Waals surface area (Å²) in [5.41, 5.74) is 0. The van der Waals surface area contributed by atoms with E-state index < -0.39 is 16.8 Å². The number of carbonyl (C=O) groups excluding carboxylic acids is 1. The van der Waals surface area contributed by atoms with Crippen LogP contribution in [0, 0.1) is 5.92 Å². The van der Waals surface area contributed by atoms with Crippen LogP contribution in [0.1, 0.15) is 39.0 Å². The van der Waals surface area contributed by atoms with Gasteiger partial charge in [0.2, 0.25) is 0 Å². The second-order valence-corrected chi connectivity index (χ2v) is 7.52. The van der Waals surface area contributed by atoms with Gasteiger partial charge in [-0.25, -0.2) is 4.79 Å². The molecule has 3 atom stereocenters. The minimum absolute atomic E-state index is 0.0787. The first-order valence-electron chi connectivity index (χ1n) is 7.47. The molecule has 1 saturated heterocycles. The van der Waals surface area contributed by atoms with Crippen LogP contribution in [-0.4, -0.2) is 57.4 Å². The van der Waals surface area contributed by atoms with Gasteiger partial charge < -0.3 is 15.3 Å². The van der Waals surface area contributed by atoms with Gasteiger partial charge in [-0.05, 0) is 31.6 Å². The number of rotatable bonds is 7. The molecule has 0 aromatic rings. The number of amides is 2. The van der Waals surface area contributed by atoms with Crippen molar-refractivity contribution in [3.8, 4) is 0 Å². The van der Waals surface area contributed by atoms with Gasteiger partial charge in [0.25, 0.3) is 0 Å². The summed E-state index contributed by atoms with van der Waals surface area (Å²) in [6.45, 7) is 3.79. The van der Waals surface area contributed by atoms with E-state index in [4.69, 9.17) is 5.11 Å². The van der Waals surface area contributed by atoms with Crippen molar-refractivity contribution in [2.24, 2.45) is 5.92 Å². The average Bonchev–Trinajstić information content (AvgIpc) is 2.45. The second kappa shape index (κ2) is 9.02. The molecule has 0 aliphatic carbocycles. The number of carboxylic acids is 1. The lowest BCUT2D eigenvalue weighted by molar-refractivity contribution is -0.137. The van der Waals surface area contributed by atoms with Crippen LogP contribution in [0.25, 0.3) is 0 Å². The van der Waals surface area contributed by atoms with Gasteiger partial charge in [-0.2, -0.15) is 0 Å². The highest BCUT2D eigenvalue weighted by Crippen LogP contribution is 2.20. The van der Waals surface area contributed by atoms with Gasteiger partial charge >= 0.3 is 12.0 Å². The molecule has 1 aliphatic heterocycles. The average molecular weight is 318 g/mol. The number of urea groups is 1. The molecule has 0 bridgehead atoms. The molecule has 1 aliphatic rings. The summed E-state index contributed by atoms with van der Waals surface area (Å²) in [5, 5.41) is 11.7. The molecule has 0 aromatic heterocycles. The van der Waals surface area contributed by atoms with Crippen LogP contribution < -0.4 is 5.32 Å². The number of likely N-dealkylation sites (tertiary alicyclic amines) is 1. The van der Waals surface area contributed by atoms with Gasteiger partial charge in [0.05, 0.1) is 0 Å². The molecular weight excluding hydrogens is 292 g/mol. The number of carboxylic acid groups (broad SMARTS) is 1. The molecule has 0 spiro atoms. The van der Waals surface area contributed by atoms with E-state index in [2.05, 4.69) is 5.32 Å². The van der Waals surface area contributed by atoms with Gasteiger partial charge in [0.1, 0.15) is 0 Å². The van der Waals surface area contributed by atoms with Crippen molar-refractivity contribution in [2.45, 2.75) is 44.3 Å². The number of aliphatic carboxylic acids is 1. The molecule has 7 heteroatoms. The molecule has 1 rings (SSSR count). The zero-order valence-electron chi connectivity index (χ0n) is 12.8. The van der Waals surface area contributed by atoms with Gasteiger partial charge in [0, 0.05) is 48.4 Å². The molecule has 122 valence electrons. The van der Waals surface area contributed by atoms with Crippen LogP contribution in [0.5, 0.6) is 0 Å². The number of carbonyl (C=O) groups is 2. The number of piperidine rings is 1. The Morgan fingerprint density at radius 3 is 2.81 bits per heavy atom. The predicted octanol–water partition coefficient (Wildman–Crippen LogP) is 1.43. The monoisotopic (exact) mass is 318 g/mol. The van der Waals surface area contributed by atoms with E-state index in [1.807, 2.05) is 6.92 Å². The quantitative estimate of drug-likeness (QED) is 0.743. The van der Waals surface area contributed by atoms with Crippen LogP contribution in [0.3, 0.4) is 0 Å². The summed E-state index contributed by atoms with van der Waals surface area (Å²) in [4.78, 5) is 24.4. The van der Waals surface area contributed by atoms with E-state index in [0.717, 1.165) is 19.4 Å². The summed E-state index contributed by atoms with van der Waals surface area (Å²) >= 11 is 0. The standard InChI is InChI=1S/C14H26N2O4S/c1-11(21(2)20)7-8-15-14(19)16-9-3-4-12(10-16)5-6-13(17)18/h11-12H,3-10H2,1-2H3,(H,15,19)(H,17,18). The van der Waals surface area contributed by atoms with E-state index in [-0.39, 0.29) is 23.6 Å². The van der Waals surface area contributed by atoms with Gasteiger partial charge in [-0.3, -0.25) is 9.00 Å². The molecule has 6 nitrogen and oxygen atoms in total. The summed E-state index contributed by atoms with van der Waals surface area (Å²) in [5.74, 6) is -0.499. The van der Waals surface area contributed by atoms with E-state index >= 15 is 0 Å². The van der Waals surface area contributed by atoms with Gasteiger partial charge in [-0.15, -0.1) is 0 Å². The highest BCUT2D eigenvalue weighted by molar-refractivity contribution is 7.84. The first kappa shape index (κ1) is 17.9. The zero-order chi connectivity index (χ0) is 15.8. The fourth-order valence-electron chi connectivity index (χ4n) is 2.47. The topological polar surface area (TPSA) is 86.7 Å². The number of hydrogen-bond donors (Lipinski definition) is 2. The third kappa shape index (κ3) is 6.93. The summed E-state index contributed by atoms with van der Waals surface area (Å²) < 4.78 is 11.2. The number of nitrogens with one attached hydrogen (secondary N) is 1. The van der Waals surface area contributed by atoms with Gasteiger partial charge in [-0.1, -0.05) is 6.92 Å². The Balaban J connectivity index is 2.29. The Labute approximate surface area is 128 Å². The Morgan fingerprint density at radius 1 is 1.48 bits per heavy atom. The van der Waals surface area contributed by atoms with Crippen LogP contribution in [0.15, 0.2) is 0 Å². The lowest BCUT2D eigenvalue weighted by Gasteiger charge is -2.32. The molecule has 2 N–H and O–H groups in total. The van der Waals surface area contributed by atoms with Crippen LogP contribution in [-0.2, 0) is 15.6 Å². The summed E-state index contributed by atoms with van der Waals surface area (Å²) in [6, 6.07) is -0.0934. The highest BCUT2D eigenvalue weighted by atomic mass is 32.2. The SMILES string of the molecule is CC(CCNC(=O)N1CCCC(CCC(=O)O)C1)S(C)=O. The minimum atomic E-state index is -0.863. The van der Waals surface area contributed by atoms with Crippen molar-refractivity contribution < 1.29 is 18.9 Å².